The van der Waals surface area contributed by atoms with Gasteiger partial charge < -0.3 is 16.0 Å². The first-order valence-corrected chi connectivity index (χ1v) is 10.1. The Labute approximate surface area is 178 Å². The van der Waals surface area contributed by atoms with E-state index >= 15 is 0 Å². The highest BCUT2D eigenvalue weighted by molar-refractivity contribution is 5.88. The third kappa shape index (κ3) is 5.81. The van der Waals surface area contributed by atoms with Crippen molar-refractivity contribution < 1.29 is 22.8 Å². The first-order chi connectivity index (χ1) is 14.7. The van der Waals surface area contributed by atoms with Gasteiger partial charge in [0.1, 0.15) is 11.9 Å². The van der Waals surface area contributed by atoms with E-state index in [9.17, 15) is 22.8 Å². The molecule has 0 saturated carbocycles. The van der Waals surface area contributed by atoms with Gasteiger partial charge in [0.25, 0.3) is 0 Å². The molecule has 0 radical (unpaired) electrons. The van der Waals surface area contributed by atoms with E-state index in [1.165, 1.54) is 4.90 Å². The number of nitrogens with zero attached hydrogens (tertiary/aromatic N) is 2. The van der Waals surface area contributed by atoms with E-state index in [-0.39, 0.29) is 42.7 Å². The van der Waals surface area contributed by atoms with Crippen LogP contribution in [0.2, 0.25) is 0 Å². The molecule has 1 aromatic heterocycles. The van der Waals surface area contributed by atoms with E-state index in [4.69, 9.17) is 5.73 Å². The second-order valence-corrected chi connectivity index (χ2v) is 7.85. The predicted octanol–water partition coefficient (Wildman–Crippen LogP) is 2.11. The first kappa shape index (κ1) is 22.7. The van der Waals surface area contributed by atoms with Crippen molar-refractivity contribution in [1.29, 1.82) is 0 Å². The smallest absolute Gasteiger partial charge is 0.243 e. The summed E-state index contributed by atoms with van der Waals surface area (Å²) >= 11 is 0. The number of aromatic nitrogens is 1. The number of benzene rings is 1. The average molecular weight is 434 g/mol. The lowest BCUT2D eigenvalue weighted by molar-refractivity contribution is -0.139. The van der Waals surface area contributed by atoms with Gasteiger partial charge in [-0.1, -0.05) is 6.07 Å². The van der Waals surface area contributed by atoms with Crippen LogP contribution in [0.15, 0.2) is 36.5 Å². The van der Waals surface area contributed by atoms with Crippen molar-refractivity contribution >= 4 is 11.8 Å². The summed E-state index contributed by atoms with van der Waals surface area (Å²) in [5, 5.41) is 2.89. The molecule has 1 saturated heterocycles. The van der Waals surface area contributed by atoms with Crippen LogP contribution in [0.25, 0.3) is 0 Å². The van der Waals surface area contributed by atoms with Crippen LogP contribution in [0.5, 0.6) is 0 Å². The molecule has 2 aromatic rings. The highest BCUT2D eigenvalue weighted by Crippen LogP contribution is 2.18. The number of pyridine rings is 1. The lowest BCUT2D eigenvalue weighted by Gasteiger charge is -2.29. The molecule has 1 aliphatic heterocycles. The van der Waals surface area contributed by atoms with Gasteiger partial charge in [-0.3, -0.25) is 14.6 Å². The summed E-state index contributed by atoms with van der Waals surface area (Å²) in [4.78, 5) is 31.5. The molecular weight excluding hydrogens is 409 g/mol. The van der Waals surface area contributed by atoms with Crippen molar-refractivity contribution in [1.82, 2.24) is 15.2 Å². The van der Waals surface area contributed by atoms with E-state index in [0.29, 0.717) is 24.7 Å². The number of nitrogens with one attached hydrogen (secondary N) is 1. The van der Waals surface area contributed by atoms with Crippen LogP contribution < -0.4 is 11.1 Å². The van der Waals surface area contributed by atoms with Gasteiger partial charge in [-0.05, 0) is 43.5 Å². The summed E-state index contributed by atoms with van der Waals surface area (Å²) in [6.45, 7) is 2.21. The molecule has 3 atom stereocenters. The van der Waals surface area contributed by atoms with Gasteiger partial charge in [0.05, 0.1) is 0 Å². The van der Waals surface area contributed by atoms with Crippen LogP contribution in [-0.2, 0) is 22.4 Å². The summed E-state index contributed by atoms with van der Waals surface area (Å²) in [5.74, 6) is -4.01. The molecule has 3 N–H and O–H groups in total. The molecule has 1 aromatic carbocycles. The normalized spacial score (nSPS) is 20.2. The number of hydrogen-bond acceptors (Lipinski definition) is 4. The fraction of sp³-hybridized carbons (Fsp3) is 0.409. The molecule has 31 heavy (non-hydrogen) atoms. The Balaban J connectivity index is 1.73. The highest BCUT2D eigenvalue weighted by Gasteiger charge is 2.34. The Bertz CT molecular complexity index is 942. The molecule has 1 aliphatic rings. The lowest BCUT2D eigenvalue weighted by atomic mass is 10.0. The van der Waals surface area contributed by atoms with Gasteiger partial charge in [0, 0.05) is 49.4 Å². The summed E-state index contributed by atoms with van der Waals surface area (Å²) in [6, 6.07) is 4.88. The zero-order chi connectivity index (χ0) is 22.5. The zero-order valence-corrected chi connectivity index (χ0v) is 17.2. The van der Waals surface area contributed by atoms with Gasteiger partial charge in [0.15, 0.2) is 11.6 Å². The largest absolute Gasteiger partial charge is 0.352 e. The number of halogens is 3. The topological polar surface area (TPSA) is 88.3 Å². The molecule has 0 bridgehead atoms. The fourth-order valence-electron chi connectivity index (χ4n) is 3.68. The van der Waals surface area contributed by atoms with Crippen molar-refractivity contribution in [2.45, 2.75) is 50.7 Å². The summed E-state index contributed by atoms with van der Waals surface area (Å²) in [6.07, 6.45) is 2.13. The van der Waals surface area contributed by atoms with Crippen molar-refractivity contribution in [3.8, 4) is 0 Å². The number of amides is 2. The Kier molecular flexibility index (Phi) is 7.27. The second-order valence-electron chi connectivity index (χ2n) is 7.85. The van der Waals surface area contributed by atoms with Gasteiger partial charge in [-0.25, -0.2) is 13.2 Å². The monoisotopic (exact) mass is 434 g/mol. The minimum Gasteiger partial charge on any atom is -0.352 e. The maximum Gasteiger partial charge on any atom is 0.243 e. The molecular formula is C22H25F3N4O2. The zero-order valence-electron chi connectivity index (χ0n) is 17.2. The summed E-state index contributed by atoms with van der Waals surface area (Å²) in [5.41, 5.74) is 6.59. The van der Waals surface area contributed by atoms with Crippen molar-refractivity contribution in [2.24, 2.45) is 5.73 Å². The Morgan fingerprint density at radius 2 is 2.00 bits per heavy atom. The minimum absolute atomic E-state index is 0.0958. The van der Waals surface area contributed by atoms with E-state index in [1.54, 1.807) is 24.4 Å². The van der Waals surface area contributed by atoms with Crippen molar-refractivity contribution in [3.05, 3.63) is 65.2 Å². The number of rotatable bonds is 6. The van der Waals surface area contributed by atoms with Crippen LogP contribution in [-0.4, -0.2) is 46.4 Å². The standard InChI is InChI=1S/C22H25F3N4O2/c1-13-5-7-29(20(22(31)28-13)11-16-4-2-3-6-27-16)21(30)10-15(26)8-14-9-18(24)19(25)12-17(14)23/h2-4,6,9,12-13,15,20H,5,7-8,10-11,26H2,1H3,(H,28,31)/t13?,15-,20?/m1/s1. The maximum atomic E-state index is 13.9. The third-order valence-corrected chi connectivity index (χ3v) is 5.33. The number of carbonyl (C=O) groups is 2. The molecule has 0 spiro atoms. The van der Waals surface area contributed by atoms with Crippen LogP contribution in [0.3, 0.4) is 0 Å². The fourth-order valence-corrected chi connectivity index (χ4v) is 3.68. The molecule has 3 rings (SSSR count). The molecule has 6 nitrogen and oxygen atoms in total. The maximum absolute atomic E-state index is 13.9. The molecule has 2 amide bonds. The van der Waals surface area contributed by atoms with E-state index < -0.39 is 29.5 Å². The Hall–Kier alpha value is -2.94. The number of nitrogens with two attached hydrogens (primary N) is 1. The van der Waals surface area contributed by atoms with Crippen molar-refractivity contribution in [2.75, 3.05) is 6.54 Å². The van der Waals surface area contributed by atoms with E-state index in [2.05, 4.69) is 10.3 Å². The first-order valence-electron chi connectivity index (χ1n) is 10.1. The number of hydrogen-bond donors (Lipinski definition) is 2. The van der Waals surface area contributed by atoms with Crippen LogP contribution >= 0.6 is 0 Å². The third-order valence-electron chi connectivity index (χ3n) is 5.33. The molecule has 1 fully saturated rings. The molecule has 166 valence electrons. The van der Waals surface area contributed by atoms with Gasteiger partial charge in [-0.2, -0.15) is 0 Å². The van der Waals surface area contributed by atoms with Crippen molar-refractivity contribution in [3.63, 3.8) is 0 Å². The minimum atomic E-state index is -1.28. The van der Waals surface area contributed by atoms with Crippen LogP contribution in [0, 0.1) is 17.5 Å². The lowest BCUT2D eigenvalue weighted by Crippen LogP contribution is -2.50. The van der Waals surface area contributed by atoms with Crippen LogP contribution in [0.1, 0.15) is 31.0 Å². The van der Waals surface area contributed by atoms with Gasteiger partial charge in [0.2, 0.25) is 11.8 Å². The molecule has 2 unspecified atom stereocenters. The predicted molar refractivity (Wildman–Crippen MR) is 108 cm³/mol. The summed E-state index contributed by atoms with van der Waals surface area (Å²) in [7, 11) is 0. The van der Waals surface area contributed by atoms with Gasteiger partial charge in [-0.15, -0.1) is 0 Å². The Morgan fingerprint density at radius 3 is 2.71 bits per heavy atom. The quantitative estimate of drug-likeness (QED) is 0.682. The SMILES string of the molecule is CC1CCN(C(=O)C[C@H](N)Cc2cc(F)c(F)cc2F)C(Cc2ccccn2)C(=O)N1. The highest BCUT2D eigenvalue weighted by atomic mass is 19.2. The molecule has 2 heterocycles. The molecule has 0 aliphatic carbocycles. The van der Waals surface area contributed by atoms with E-state index in [0.717, 1.165) is 6.07 Å². The number of carbonyl (C=O) groups excluding carboxylic acids is 2. The van der Waals surface area contributed by atoms with E-state index in [1.807, 2.05) is 6.92 Å². The van der Waals surface area contributed by atoms with Crippen LogP contribution in [0.4, 0.5) is 13.2 Å². The average Bonchev–Trinajstić information content (AvgIpc) is 2.85. The summed E-state index contributed by atoms with van der Waals surface area (Å²) < 4.78 is 40.5. The Morgan fingerprint density at radius 1 is 1.26 bits per heavy atom. The molecule has 9 heteroatoms. The second kappa shape index (κ2) is 9.91. The van der Waals surface area contributed by atoms with Gasteiger partial charge >= 0.3 is 0 Å².